The Morgan fingerprint density at radius 1 is 0.625 bits per heavy atom. The van der Waals surface area contributed by atoms with Gasteiger partial charge in [0.2, 0.25) is 0 Å². The molecule has 0 saturated heterocycles. The monoisotopic (exact) mass is 672 g/mol. The summed E-state index contributed by atoms with van der Waals surface area (Å²) in [5.41, 5.74) is 0. The molecule has 126 valence electrons. The van der Waals surface area contributed by atoms with Crippen molar-refractivity contribution in [1.82, 2.24) is 0 Å². The molecule has 0 saturated carbocycles. The van der Waals surface area contributed by atoms with E-state index in [1.54, 1.807) is 15.9 Å². The van der Waals surface area contributed by atoms with E-state index in [1.165, 1.54) is 6.16 Å². The van der Waals surface area contributed by atoms with Gasteiger partial charge in [-0.2, -0.15) is 0 Å². The van der Waals surface area contributed by atoms with Gasteiger partial charge in [-0.05, 0) is 0 Å². The molecule has 0 spiro atoms. The first-order valence-electron chi connectivity index (χ1n) is 7.88. The second-order valence-electron chi connectivity index (χ2n) is 5.69. The maximum absolute atomic E-state index is 2.82. The van der Waals surface area contributed by atoms with Crippen molar-refractivity contribution in [3.05, 3.63) is 91.0 Å². The Labute approximate surface area is 170 Å². The normalized spacial score (nSPS) is 13.8. The van der Waals surface area contributed by atoms with Gasteiger partial charge in [0.25, 0.3) is 0 Å². The van der Waals surface area contributed by atoms with Crippen LogP contribution in [0.3, 0.4) is 0 Å². The molecule has 0 radical (unpaired) electrons. The minimum absolute atomic E-state index is 1.19. The van der Waals surface area contributed by atoms with Crippen LogP contribution in [-0.4, -0.2) is 6.16 Å². The van der Waals surface area contributed by atoms with Crippen molar-refractivity contribution in [3.8, 4) is 0 Å². The molecule has 0 unspecified atom stereocenters. The van der Waals surface area contributed by atoms with E-state index in [1.807, 2.05) is 0 Å². The molecule has 0 aliphatic rings. The summed E-state index contributed by atoms with van der Waals surface area (Å²) in [6, 6.07) is 34.0. The van der Waals surface area contributed by atoms with E-state index in [0.29, 0.717) is 0 Å². The summed E-state index contributed by atoms with van der Waals surface area (Å²) in [4.78, 5) is 0. The molecule has 24 heavy (non-hydrogen) atoms. The first-order valence-corrected chi connectivity index (χ1v) is 25.7. The van der Waals surface area contributed by atoms with Crippen molar-refractivity contribution in [2.24, 2.45) is 0 Å². The molecule has 0 amide bonds. The van der Waals surface area contributed by atoms with Crippen molar-refractivity contribution >= 4 is 68.7 Å². The molecule has 3 aromatic carbocycles. The summed E-state index contributed by atoms with van der Waals surface area (Å²) in [5, 5.41) is 4.66. The molecule has 3 aromatic rings. The number of hydrogen-bond acceptors (Lipinski definition) is 0. The van der Waals surface area contributed by atoms with Gasteiger partial charge < -0.3 is 0 Å². The average Bonchev–Trinajstić information content (AvgIpc) is 2.66. The standard InChI is InChI=1S/C20H20I3P/c1-2-24(23(21)22,18-12-6-3-7-13-18,19-14-8-4-9-15-19)20-16-10-5-11-17-20/h3-17H,2H2,1H3. The molecule has 0 atom stereocenters. The SMILES string of the molecule is CCP(c1ccccc1)(c1ccccc1)(c1ccccc1)I(I)I. The minimum atomic E-state index is -2.40. The molecular weight excluding hydrogens is 652 g/mol. The average molecular weight is 672 g/mol. The van der Waals surface area contributed by atoms with E-state index in [-0.39, 0.29) is 0 Å². The number of hydrogen-bond donors (Lipinski definition) is 0. The molecule has 4 heteroatoms. The maximum atomic E-state index is 2.82. The van der Waals surface area contributed by atoms with Crippen LogP contribution in [0.4, 0.5) is 0 Å². The Morgan fingerprint density at radius 2 is 0.917 bits per heavy atom. The van der Waals surface area contributed by atoms with Gasteiger partial charge >= 0.3 is 173 Å². The molecule has 3 rings (SSSR count). The van der Waals surface area contributed by atoms with E-state index < -0.39 is 15.6 Å². The molecule has 0 aliphatic carbocycles. The molecule has 0 aromatic heterocycles. The Kier molecular flexibility index (Phi) is 6.26. The summed E-state index contributed by atoms with van der Waals surface area (Å²) in [6.45, 7) is 2.41. The first-order chi connectivity index (χ1) is 11.7. The van der Waals surface area contributed by atoms with Crippen LogP contribution in [0.1, 0.15) is 6.92 Å². The summed E-state index contributed by atoms with van der Waals surface area (Å²) < 4.78 is -2.40. The zero-order valence-corrected chi connectivity index (χ0v) is 20.8. The van der Waals surface area contributed by atoms with Crippen LogP contribution in [0.25, 0.3) is 0 Å². The van der Waals surface area contributed by atoms with Crippen molar-refractivity contribution < 1.29 is 0 Å². The Hall–Kier alpha value is 0.280. The quantitative estimate of drug-likeness (QED) is 0.210. The summed E-state index contributed by atoms with van der Waals surface area (Å²) in [6.07, 6.45) is 1.19. The molecule has 0 heterocycles. The van der Waals surface area contributed by atoms with Crippen LogP contribution in [-0.2, 0) is 0 Å². The van der Waals surface area contributed by atoms with Crippen LogP contribution < -0.4 is 15.9 Å². The van der Waals surface area contributed by atoms with E-state index in [0.717, 1.165) is 0 Å². The van der Waals surface area contributed by atoms with Gasteiger partial charge in [-0.3, -0.25) is 0 Å². The van der Waals surface area contributed by atoms with Crippen molar-refractivity contribution in [2.45, 2.75) is 6.92 Å². The Morgan fingerprint density at radius 3 is 1.12 bits per heavy atom. The molecule has 0 N–H and O–H groups in total. The zero-order chi connectivity index (χ0) is 17.1. The van der Waals surface area contributed by atoms with Gasteiger partial charge in [-0.15, -0.1) is 0 Å². The third-order valence-corrected chi connectivity index (χ3v) is 54.9. The van der Waals surface area contributed by atoms with Crippen LogP contribution in [0.5, 0.6) is 0 Å². The number of halogens is 3. The fourth-order valence-electron chi connectivity index (χ4n) is 3.52. The van der Waals surface area contributed by atoms with Gasteiger partial charge in [0.15, 0.2) is 0 Å². The van der Waals surface area contributed by atoms with E-state index in [4.69, 9.17) is 0 Å². The number of benzene rings is 3. The van der Waals surface area contributed by atoms with E-state index in [2.05, 4.69) is 135 Å². The molecule has 0 fully saturated rings. The van der Waals surface area contributed by atoms with Crippen LogP contribution >= 0.6 is 52.8 Å². The third-order valence-electron chi connectivity index (χ3n) is 4.76. The second-order valence-corrected chi connectivity index (χ2v) is 50.0. The van der Waals surface area contributed by atoms with Gasteiger partial charge in [-0.1, -0.05) is 0 Å². The fourth-order valence-corrected chi connectivity index (χ4v) is 52.6. The van der Waals surface area contributed by atoms with Crippen molar-refractivity contribution in [3.63, 3.8) is 0 Å². The Balaban J connectivity index is 2.52. The zero-order valence-electron chi connectivity index (χ0n) is 13.4. The van der Waals surface area contributed by atoms with Gasteiger partial charge in [0.1, 0.15) is 0 Å². The Bertz CT molecular complexity index is 689. The van der Waals surface area contributed by atoms with Crippen LogP contribution in [0.15, 0.2) is 91.0 Å². The molecule has 0 bridgehead atoms. The van der Waals surface area contributed by atoms with Crippen LogP contribution in [0, 0.1) is 0 Å². The fraction of sp³-hybridized carbons (Fsp3) is 0.100. The summed E-state index contributed by atoms with van der Waals surface area (Å²) in [7, 11) is 0. The topological polar surface area (TPSA) is 0 Å². The van der Waals surface area contributed by atoms with Gasteiger partial charge in [0, 0.05) is 0 Å². The molecule has 0 aliphatic heterocycles. The van der Waals surface area contributed by atoms with Crippen LogP contribution in [0.2, 0.25) is 0 Å². The summed E-state index contributed by atoms with van der Waals surface area (Å²) in [5.74, 6) is 0. The molecule has 0 nitrogen and oxygen atoms in total. The predicted octanol–water partition coefficient (Wildman–Crippen LogP) is 6.66. The number of rotatable bonds is 5. The predicted molar refractivity (Wildman–Crippen MR) is 138 cm³/mol. The van der Waals surface area contributed by atoms with E-state index in [9.17, 15) is 0 Å². The third kappa shape index (κ3) is 2.78. The van der Waals surface area contributed by atoms with Crippen molar-refractivity contribution in [2.75, 3.05) is 6.16 Å². The summed E-state index contributed by atoms with van der Waals surface area (Å²) >= 11 is 4.27. The van der Waals surface area contributed by atoms with Gasteiger partial charge in [-0.25, -0.2) is 0 Å². The molecular formula is C20H20I3P. The van der Waals surface area contributed by atoms with Crippen molar-refractivity contribution in [1.29, 1.82) is 0 Å². The first kappa shape index (κ1) is 19.1. The van der Waals surface area contributed by atoms with Gasteiger partial charge in [0.05, 0.1) is 0 Å². The van der Waals surface area contributed by atoms with E-state index >= 15 is 0 Å². The second kappa shape index (κ2) is 7.89.